The molecule has 0 aromatic heterocycles. The van der Waals surface area contributed by atoms with Crippen molar-refractivity contribution in [3.63, 3.8) is 0 Å². The van der Waals surface area contributed by atoms with Gasteiger partial charge < -0.3 is 14.6 Å². The number of Topliss-reactive ketones (excluding diaryl/α,β-unsaturated/α-hetero) is 1. The van der Waals surface area contributed by atoms with Crippen molar-refractivity contribution in [2.45, 2.75) is 12.5 Å². The Hall–Kier alpha value is -2.82. The lowest BCUT2D eigenvalue weighted by molar-refractivity contribution is 0.0244. The van der Waals surface area contributed by atoms with Gasteiger partial charge in [0.1, 0.15) is 5.56 Å². The van der Waals surface area contributed by atoms with Crippen LogP contribution in [0.4, 0.5) is 0 Å². The van der Waals surface area contributed by atoms with Crippen molar-refractivity contribution in [3.05, 3.63) is 59.2 Å². The van der Waals surface area contributed by atoms with Crippen molar-refractivity contribution in [1.82, 2.24) is 0 Å². The molecule has 1 atom stereocenters. The van der Waals surface area contributed by atoms with E-state index in [0.717, 1.165) is 0 Å². The van der Waals surface area contributed by atoms with Crippen LogP contribution in [0.3, 0.4) is 0 Å². The number of ketones is 1. The molecule has 0 amide bonds. The van der Waals surface area contributed by atoms with Gasteiger partial charge in [-0.25, -0.2) is 4.79 Å². The second-order valence-corrected chi connectivity index (χ2v) is 4.98. The maximum absolute atomic E-state index is 12.4. The van der Waals surface area contributed by atoms with Crippen LogP contribution in [-0.4, -0.2) is 30.1 Å². The minimum absolute atomic E-state index is 0.0662. The van der Waals surface area contributed by atoms with E-state index in [-0.39, 0.29) is 29.3 Å². The standard InChI is InChI=1S/C17H14O5/c1-21-12-8-7-11-9-13(22-17(20)14(11)16(12)19)15(18)10-5-3-2-4-6-10/h2-8,13,19H,9H2,1H3. The van der Waals surface area contributed by atoms with Crippen molar-refractivity contribution in [3.8, 4) is 11.5 Å². The highest BCUT2D eigenvalue weighted by Gasteiger charge is 2.34. The van der Waals surface area contributed by atoms with E-state index >= 15 is 0 Å². The Balaban J connectivity index is 1.94. The van der Waals surface area contributed by atoms with E-state index < -0.39 is 12.1 Å². The van der Waals surface area contributed by atoms with Gasteiger partial charge in [-0.3, -0.25) is 4.79 Å². The monoisotopic (exact) mass is 298 g/mol. The number of ether oxygens (including phenoxy) is 2. The van der Waals surface area contributed by atoms with Gasteiger partial charge in [0.15, 0.2) is 17.6 Å². The first-order valence-corrected chi connectivity index (χ1v) is 6.81. The Kier molecular flexibility index (Phi) is 3.55. The zero-order valence-corrected chi connectivity index (χ0v) is 11.9. The van der Waals surface area contributed by atoms with Gasteiger partial charge in [0.05, 0.1) is 7.11 Å². The summed E-state index contributed by atoms with van der Waals surface area (Å²) >= 11 is 0. The molecule has 1 unspecified atom stereocenters. The van der Waals surface area contributed by atoms with Crippen LogP contribution in [0.15, 0.2) is 42.5 Å². The lowest BCUT2D eigenvalue weighted by atomic mass is 9.93. The van der Waals surface area contributed by atoms with Crippen molar-refractivity contribution in [2.75, 3.05) is 7.11 Å². The minimum atomic E-state index is -0.879. The Bertz CT molecular complexity index is 736. The topological polar surface area (TPSA) is 72.8 Å². The second-order valence-electron chi connectivity index (χ2n) is 4.98. The van der Waals surface area contributed by atoms with Crippen molar-refractivity contribution in [2.24, 2.45) is 0 Å². The summed E-state index contributed by atoms with van der Waals surface area (Å²) in [6.45, 7) is 0. The van der Waals surface area contributed by atoms with E-state index in [1.807, 2.05) is 6.07 Å². The molecule has 0 saturated carbocycles. The molecule has 3 rings (SSSR count). The molecule has 22 heavy (non-hydrogen) atoms. The van der Waals surface area contributed by atoms with Gasteiger partial charge in [-0.2, -0.15) is 0 Å². The number of carbonyl (C=O) groups is 2. The molecule has 5 nitrogen and oxygen atoms in total. The molecule has 112 valence electrons. The highest BCUT2D eigenvalue weighted by Crippen LogP contribution is 2.36. The predicted octanol–water partition coefficient (Wildman–Crippen LogP) is 2.37. The molecule has 0 aliphatic carbocycles. The second kappa shape index (κ2) is 5.52. The first kappa shape index (κ1) is 14.1. The van der Waals surface area contributed by atoms with Crippen LogP contribution in [0.1, 0.15) is 26.3 Å². The Morgan fingerprint density at radius 1 is 1.23 bits per heavy atom. The molecule has 1 aliphatic heterocycles. The normalized spacial score (nSPS) is 16.6. The van der Waals surface area contributed by atoms with Crippen molar-refractivity contribution in [1.29, 1.82) is 0 Å². The number of phenols is 1. The zero-order chi connectivity index (χ0) is 15.7. The predicted molar refractivity (Wildman–Crippen MR) is 78.3 cm³/mol. The number of methoxy groups -OCH3 is 1. The SMILES string of the molecule is COc1ccc2c(c1O)C(=O)OC(C(=O)c1ccccc1)C2. The van der Waals surface area contributed by atoms with E-state index in [9.17, 15) is 14.7 Å². The number of hydrogen-bond acceptors (Lipinski definition) is 5. The van der Waals surface area contributed by atoms with E-state index in [4.69, 9.17) is 9.47 Å². The van der Waals surface area contributed by atoms with Gasteiger partial charge in [-0.05, 0) is 11.6 Å². The molecule has 0 bridgehead atoms. The van der Waals surface area contributed by atoms with E-state index in [0.29, 0.717) is 11.1 Å². The quantitative estimate of drug-likeness (QED) is 0.695. The number of cyclic esters (lactones) is 1. The maximum Gasteiger partial charge on any atom is 0.343 e. The van der Waals surface area contributed by atoms with Gasteiger partial charge in [0.2, 0.25) is 5.78 Å². The van der Waals surface area contributed by atoms with Crippen molar-refractivity contribution >= 4 is 11.8 Å². The van der Waals surface area contributed by atoms with Crippen LogP contribution in [0.25, 0.3) is 0 Å². The summed E-state index contributed by atoms with van der Waals surface area (Å²) in [6, 6.07) is 11.9. The third-order valence-electron chi connectivity index (χ3n) is 3.66. The molecule has 2 aromatic carbocycles. The molecule has 1 heterocycles. The fourth-order valence-electron chi connectivity index (χ4n) is 2.54. The number of aromatic hydroxyl groups is 1. The summed E-state index contributed by atoms with van der Waals surface area (Å²) in [4.78, 5) is 24.5. The number of carbonyl (C=O) groups excluding carboxylic acids is 2. The maximum atomic E-state index is 12.4. The van der Waals surface area contributed by atoms with Crippen LogP contribution < -0.4 is 4.74 Å². The number of hydrogen-bond donors (Lipinski definition) is 1. The fraction of sp³-hybridized carbons (Fsp3) is 0.176. The fourth-order valence-corrected chi connectivity index (χ4v) is 2.54. The van der Waals surface area contributed by atoms with Gasteiger partial charge in [-0.15, -0.1) is 0 Å². The summed E-state index contributed by atoms with van der Waals surface area (Å²) in [5.74, 6) is -1.03. The highest BCUT2D eigenvalue weighted by atomic mass is 16.5. The van der Waals surface area contributed by atoms with Gasteiger partial charge in [0, 0.05) is 12.0 Å². The number of esters is 1. The molecule has 1 N–H and O–H groups in total. The lowest BCUT2D eigenvalue weighted by Crippen LogP contribution is -2.34. The van der Waals surface area contributed by atoms with Gasteiger partial charge in [-0.1, -0.05) is 36.4 Å². The molecule has 0 radical (unpaired) electrons. The number of rotatable bonds is 3. The molecule has 0 fully saturated rings. The van der Waals surface area contributed by atoms with Gasteiger partial charge >= 0.3 is 5.97 Å². The summed E-state index contributed by atoms with van der Waals surface area (Å²) in [6.07, 6.45) is -0.651. The van der Waals surface area contributed by atoms with E-state index in [1.54, 1.807) is 36.4 Å². The molecule has 5 heteroatoms. The number of fused-ring (bicyclic) bond motifs is 1. The first-order chi connectivity index (χ1) is 10.6. The molecule has 1 aliphatic rings. The third-order valence-corrected chi connectivity index (χ3v) is 3.66. The van der Waals surface area contributed by atoms with Crippen LogP contribution in [0.5, 0.6) is 11.5 Å². The highest BCUT2D eigenvalue weighted by molar-refractivity contribution is 6.04. The summed E-state index contributed by atoms with van der Waals surface area (Å²) in [5.41, 5.74) is 1.13. The first-order valence-electron chi connectivity index (χ1n) is 6.81. The van der Waals surface area contributed by atoms with Crippen molar-refractivity contribution < 1.29 is 24.2 Å². The Morgan fingerprint density at radius 3 is 2.64 bits per heavy atom. The Morgan fingerprint density at radius 2 is 1.95 bits per heavy atom. The number of phenolic OH excluding ortho intramolecular Hbond substituents is 1. The molecular formula is C17H14O5. The largest absolute Gasteiger partial charge is 0.504 e. The third kappa shape index (κ3) is 2.30. The average molecular weight is 298 g/mol. The molecule has 0 saturated heterocycles. The summed E-state index contributed by atoms with van der Waals surface area (Å²) in [7, 11) is 1.40. The Labute approximate surface area is 127 Å². The molecular weight excluding hydrogens is 284 g/mol. The van der Waals surface area contributed by atoms with Crippen LogP contribution >= 0.6 is 0 Å². The van der Waals surface area contributed by atoms with E-state index in [1.165, 1.54) is 7.11 Å². The van der Waals surface area contributed by atoms with E-state index in [2.05, 4.69) is 0 Å². The summed E-state index contributed by atoms with van der Waals surface area (Å²) < 4.78 is 10.2. The van der Waals surface area contributed by atoms with Crippen LogP contribution in [0, 0.1) is 0 Å². The molecule has 2 aromatic rings. The minimum Gasteiger partial charge on any atom is -0.504 e. The smallest absolute Gasteiger partial charge is 0.343 e. The summed E-state index contributed by atoms with van der Waals surface area (Å²) in [5, 5.41) is 10.0. The van der Waals surface area contributed by atoms with Crippen LogP contribution in [-0.2, 0) is 11.2 Å². The number of benzene rings is 2. The van der Waals surface area contributed by atoms with Crippen LogP contribution in [0.2, 0.25) is 0 Å². The lowest BCUT2D eigenvalue weighted by Gasteiger charge is -2.24. The molecule has 0 spiro atoms. The van der Waals surface area contributed by atoms with Gasteiger partial charge in [0.25, 0.3) is 0 Å². The zero-order valence-electron chi connectivity index (χ0n) is 11.9. The average Bonchev–Trinajstić information content (AvgIpc) is 2.55.